The molecule has 0 aliphatic heterocycles. The molecule has 0 spiro atoms. The van der Waals surface area contributed by atoms with Crippen LogP contribution in [0.4, 0.5) is 0 Å². The molecule has 1 aromatic heterocycles. The van der Waals surface area contributed by atoms with Crippen LogP contribution in [0.2, 0.25) is 0 Å². The first-order valence-electron chi connectivity index (χ1n) is 6.15. The predicted octanol–water partition coefficient (Wildman–Crippen LogP) is 0.579. The van der Waals surface area contributed by atoms with Crippen molar-refractivity contribution in [3.05, 3.63) is 12.4 Å². The van der Waals surface area contributed by atoms with Gasteiger partial charge in [0.1, 0.15) is 11.4 Å². The predicted molar refractivity (Wildman–Crippen MR) is 67.1 cm³/mol. The lowest BCUT2D eigenvalue weighted by Gasteiger charge is -2.41. The quantitative estimate of drug-likeness (QED) is 0.797. The number of nitrogens with one attached hydrogen (secondary N) is 1. The SMILES string of the molecule is CCC1(NS(=O)(=O)c2cnn(CC(=O)O)c2)CCC1. The van der Waals surface area contributed by atoms with E-state index < -0.39 is 16.0 Å². The molecule has 1 heterocycles. The number of rotatable bonds is 6. The van der Waals surface area contributed by atoms with E-state index in [1.165, 1.54) is 12.4 Å². The summed E-state index contributed by atoms with van der Waals surface area (Å²) in [6.45, 7) is 1.60. The van der Waals surface area contributed by atoms with Gasteiger partial charge in [0.2, 0.25) is 10.0 Å². The van der Waals surface area contributed by atoms with Crippen LogP contribution in [0.3, 0.4) is 0 Å². The van der Waals surface area contributed by atoms with Gasteiger partial charge in [0.15, 0.2) is 0 Å². The van der Waals surface area contributed by atoms with Crippen molar-refractivity contribution in [2.24, 2.45) is 0 Å². The van der Waals surface area contributed by atoms with E-state index >= 15 is 0 Å². The molecular weight excluding hydrogens is 270 g/mol. The second kappa shape index (κ2) is 4.93. The van der Waals surface area contributed by atoms with Gasteiger partial charge in [-0.2, -0.15) is 5.10 Å². The number of hydrogen-bond donors (Lipinski definition) is 2. The monoisotopic (exact) mass is 287 g/mol. The lowest BCUT2D eigenvalue weighted by molar-refractivity contribution is -0.137. The van der Waals surface area contributed by atoms with Crippen LogP contribution >= 0.6 is 0 Å². The van der Waals surface area contributed by atoms with E-state index in [2.05, 4.69) is 9.82 Å². The summed E-state index contributed by atoms with van der Waals surface area (Å²) in [5.41, 5.74) is -0.340. The van der Waals surface area contributed by atoms with E-state index in [0.717, 1.165) is 30.4 Å². The highest BCUT2D eigenvalue weighted by Gasteiger charge is 2.39. The first-order chi connectivity index (χ1) is 8.87. The minimum Gasteiger partial charge on any atom is -0.480 e. The van der Waals surface area contributed by atoms with Gasteiger partial charge in [0, 0.05) is 11.7 Å². The zero-order valence-corrected chi connectivity index (χ0v) is 11.5. The smallest absolute Gasteiger partial charge is 0.325 e. The molecule has 106 valence electrons. The third-order valence-electron chi connectivity index (χ3n) is 3.56. The Bertz CT molecular complexity index is 569. The van der Waals surface area contributed by atoms with Crippen LogP contribution in [0.15, 0.2) is 17.3 Å². The van der Waals surface area contributed by atoms with E-state index in [1.54, 1.807) is 0 Å². The van der Waals surface area contributed by atoms with Crippen LogP contribution in [-0.2, 0) is 21.4 Å². The van der Waals surface area contributed by atoms with E-state index in [9.17, 15) is 13.2 Å². The Morgan fingerprint density at radius 3 is 2.74 bits per heavy atom. The Balaban J connectivity index is 2.15. The zero-order chi connectivity index (χ0) is 14.1. The average Bonchev–Trinajstić information content (AvgIpc) is 2.72. The molecule has 1 fully saturated rings. The molecule has 7 nitrogen and oxygen atoms in total. The van der Waals surface area contributed by atoms with E-state index in [1.807, 2.05) is 6.92 Å². The van der Waals surface area contributed by atoms with Crippen molar-refractivity contribution in [1.82, 2.24) is 14.5 Å². The van der Waals surface area contributed by atoms with Gasteiger partial charge in [-0.05, 0) is 25.7 Å². The fraction of sp³-hybridized carbons (Fsp3) is 0.636. The molecule has 0 amide bonds. The normalized spacial score (nSPS) is 17.9. The highest BCUT2D eigenvalue weighted by Crippen LogP contribution is 2.35. The highest BCUT2D eigenvalue weighted by molar-refractivity contribution is 7.89. The summed E-state index contributed by atoms with van der Waals surface area (Å²) in [4.78, 5) is 10.5. The lowest BCUT2D eigenvalue weighted by atomic mass is 9.76. The van der Waals surface area contributed by atoms with Crippen molar-refractivity contribution in [1.29, 1.82) is 0 Å². The van der Waals surface area contributed by atoms with Crippen LogP contribution in [0.25, 0.3) is 0 Å². The van der Waals surface area contributed by atoms with Crippen molar-refractivity contribution in [3.63, 3.8) is 0 Å². The molecule has 0 bridgehead atoms. The van der Waals surface area contributed by atoms with Crippen LogP contribution < -0.4 is 4.72 Å². The molecule has 0 radical (unpaired) electrons. The van der Waals surface area contributed by atoms with Gasteiger partial charge in [-0.25, -0.2) is 13.1 Å². The molecule has 2 N–H and O–H groups in total. The van der Waals surface area contributed by atoms with Crippen molar-refractivity contribution >= 4 is 16.0 Å². The van der Waals surface area contributed by atoms with E-state index in [4.69, 9.17) is 5.11 Å². The molecule has 0 saturated heterocycles. The Hall–Kier alpha value is -1.41. The minimum absolute atomic E-state index is 0.00785. The van der Waals surface area contributed by atoms with Crippen LogP contribution in [0.1, 0.15) is 32.6 Å². The van der Waals surface area contributed by atoms with Crippen molar-refractivity contribution in [2.75, 3.05) is 0 Å². The fourth-order valence-corrected chi connectivity index (χ4v) is 3.67. The molecule has 2 rings (SSSR count). The standard InChI is InChI=1S/C11H17N3O4S/c1-2-11(4-3-5-11)13-19(17,18)9-6-12-14(7-9)8-10(15)16/h6-7,13H,2-5,8H2,1H3,(H,15,16). The number of hydrogen-bond acceptors (Lipinski definition) is 4. The third-order valence-corrected chi connectivity index (χ3v) is 5.09. The van der Waals surface area contributed by atoms with Gasteiger partial charge in [-0.3, -0.25) is 9.48 Å². The molecular formula is C11H17N3O4S. The maximum absolute atomic E-state index is 12.2. The number of sulfonamides is 1. The molecule has 8 heteroatoms. The van der Waals surface area contributed by atoms with Gasteiger partial charge in [-0.15, -0.1) is 0 Å². The lowest BCUT2D eigenvalue weighted by Crippen LogP contribution is -2.52. The summed E-state index contributed by atoms with van der Waals surface area (Å²) >= 11 is 0. The van der Waals surface area contributed by atoms with Gasteiger partial charge in [0.05, 0.1) is 6.20 Å². The van der Waals surface area contributed by atoms with Crippen molar-refractivity contribution in [3.8, 4) is 0 Å². The number of carboxylic acid groups (broad SMARTS) is 1. The molecule has 1 aliphatic carbocycles. The number of carboxylic acids is 1. The second-order valence-corrected chi connectivity index (χ2v) is 6.54. The molecule has 19 heavy (non-hydrogen) atoms. The molecule has 0 aromatic carbocycles. The summed E-state index contributed by atoms with van der Waals surface area (Å²) in [5, 5.41) is 12.4. The second-order valence-electron chi connectivity index (χ2n) is 4.86. The molecule has 1 aliphatic rings. The number of aliphatic carboxylic acids is 1. The first kappa shape index (κ1) is 14.0. The van der Waals surface area contributed by atoms with Gasteiger partial charge >= 0.3 is 5.97 Å². The Morgan fingerprint density at radius 1 is 1.58 bits per heavy atom. The molecule has 1 saturated carbocycles. The number of aromatic nitrogens is 2. The number of nitrogens with zero attached hydrogens (tertiary/aromatic N) is 2. The summed E-state index contributed by atoms with van der Waals surface area (Å²) in [6.07, 6.45) is 5.86. The Kier molecular flexibility index (Phi) is 3.64. The maximum Gasteiger partial charge on any atom is 0.325 e. The topological polar surface area (TPSA) is 101 Å². The average molecular weight is 287 g/mol. The molecule has 0 atom stereocenters. The maximum atomic E-state index is 12.2. The van der Waals surface area contributed by atoms with Gasteiger partial charge in [0.25, 0.3) is 0 Å². The van der Waals surface area contributed by atoms with Gasteiger partial charge in [-0.1, -0.05) is 6.92 Å². The van der Waals surface area contributed by atoms with Crippen LogP contribution in [-0.4, -0.2) is 34.8 Å². The summed E-state index contributed by atoms with van der Waals surface area (Å²) in [7, 11) is -3.63. The van der Waals surface area contributed by atoms with Crippen molar-refractivity contribution < 1.29 is 18.3 Å². The highest BCUT2D eigenvalue weighted by atomic mass is 32.2. The zero-order valence-electron chi connectivity index (χ0n) is 10.7. The van der Waals surface area contributed by atoms with Gasteiger partial charge < -0.3 is 5.11 Å². The Labute approximate surface area is 111 Å². The summed E-state index contributed by atoms with van der Waals surface area (Å²) < 4.78 is 28.2. The molecule has 0 unspecified atom stereocenters. The van der Waals surface area contributed by atoms with E-state index in [-0.39, 0.29) is 17.0 Å². The largest absolute Gasteiger partial charge is 0.480 e. The summed E-state index contributed by atoms with van der Waals surface area (Å²) in [6, 6.07) is 0. The van der Waals surface area contributed by atoms with Crippen molar-refractivity contribution in [2.45, 2.75) is 49.6 Å². The molecule has 1 aromatic rings. The van der Waals surface area contributed by atoms with Crippen LogP contribution in [0, 0.1) is 0 Å². The Morgan fingerprint density at radius 2 is 2.26 bits per heavy atom. The van der Waals surface area contributed by atoms with Crippen LogP contribution in [0.5, 0.6) is 0 Å². The number of carbonyl (C=O) groups is 1. The third kappa shape index (κ3) is 2.95. The first-order valence-corrected chi connectivity index (χ1v) is 7.63. The fourth-order valence-electron chi connectivity index (χ4n) is 2.18. The van der Waals surface area contributed by atoms with E-state index in [0.29, 0.717) is 0 Å². The summed E-state index contributed by atoms with van der Waals surface area (Å²) in [5.74, 6) is -1.07. The minimum atomic E-state index is -3.63.